The van der Waals surface area contributed by atoms with E-state index in [4.69, 9.17) is 4.98 Å². The molecule has 5 nitrogen and oxygen atoms in total. The lowest BCUT2D eigenvalue weighted by molar-refractivity contribution is 0.271. The molecule has 1 aliphatic heterocycles. The Morgan fingerprint density at radius 3 is 3.04 bits per heavy atom. The molecule has 0 aromatic carbocycles. The Balaban J connectivity index is 1.61. The maximum absolute atomic E-state index is 12.7. The second kappa shape index (κ2) is 5.86. The van der Waals surface area contributed by atoms with E-state index >= 15 is 0 Å². The molecule has 0 radical (unpaired) electrons. The molecule has 1 aliphatic rings. The van der Waals surface area contributed by atoms with Gasteiger partial charge in [-0.25, -0.2) is 4.98 Å². The number of thiophene rings is 1. The maximum atomic E-state index is 12.7. The van der Waals surface area contributed by atoms with E-state index < -0.39 is 0 Å². The molecule has 4 heterocycles. The smallest absolute Gasteiger partial charge is 0.262 e. The summed E-state index contributed by atoms with van der Waals surface area (Å²) in [4.78, 5) is 26.0. The van der Waals surface area contributed by atoms with Crippen molar-refractivity contribution >= 4 is 21.6 Å². The van der Waals surface area contributed by atoms with Gasteiger partial charge in [0, 0.05) is 49.9 Å². The van der Waals surface area contributed by atoms with Crippen molar-refractivity contribution in [3.8, 4) is 0 Å². The third kappa shape index (κ3) is 2.80. The van der Waals surface area contributed by atoms with Crippen LogP contribution in [0.15, 0.2) is 35.4 Å². The van der Waals surface area contributed by atoms with Gasteiger partial charge in [0.15, 0.2) is 0 Å². The van der Waals surface area contributed by atoms with Crippen molar-refractivity contribution in [1.82, 2.24) is 19.4 Å². The van der Waals surface area contributed by atoms with Crippen LogP contribution in [0, 0.1) is 6.92 Å². The Hall–Kier alpha value is -2.05. The molecule has 3 aromatic rings. The van der Waals surface area contributed by atoms with E-state index in [1.165, 1.54) is 5.56 Å². The number of pyridine rings is 1. The monoisotopic (exact) mass is 326 g/mol. The van der Waals surface area contributed by atoms with Crippen LogP contribution in [0.5, 0.6) is 0 Å². The number of aromatic nitrogens is 3. The highest BCUT2D eigenvalue weighted by atomic mass is 32.1. The normalized spacial score (nSPS) is 15.5. The van der Waals surface area contributed by atoms with Gasteiger partial charge in [0.25, 0.3) is 5.56 Å². The van der Waals surface area contributed by atoms with Crippen LogP contribution in [0.4, 0.5) is 0 Å². The first-order valence-electron chi connectivity index (χ1n) is 7.82. The predicted molar refractivity (Wildman–Crippen MR) is 91.8 cm³/mol. The Bertz CT molecular complexity index is 900. The van der Waals surface area contributed by atoms with Crippen LogP contribution < -0.4 is 5.56 Å². The van der Waals surface area contributed by atoms with Gasteiger partial charge >= 0.3 is 0 Å². The molecular weight excluding hydrogens is 308 g/mol. The third-order valence-corrected chi connectivity index (χ3v) is 5.22. The highest BCUT2D eigenvalue weighted by Crippen LogP contribution is 2.21. The first-order chi connectivity index (χ1) is 11.2. The van der Waals surface area contributed by atoms with Gasteiger partial charge in [-0.3, -0.25) is 19.2 Å². The summed E-state index contributed by atoms with van der Waals surface area (Å²) in [6.45, 7) is 5.36. The fourth-order valence-electron chi connectivity index (χ4n) is 3.12. The number of hydrogen-bond acceptors (Lipinski definition) is 5. The molecule has 0 aliphatic carbocycles. The average molecular weight is 326 g/mol. The summed E-state index contributed by atoms with van der Waals surface area (Å²) in [5, 5.41) is 0.761. The van der Waals surface area contributed by atoms with Gasteiger partial charge in [-0.2, -0.15) is 0 Å². The van der Waals surface area contributed by atoms with Crippen LogP contribution in [-0.4, -0.2) is 32.5 Å². The summed E-state index contributed by atoms with van der Waals surface area (Å²) in [5.41, 5.74) is 1.31. The Morgan fingerprint density at radius 2 is 2.22 bits per heavy atom. The first kappa shape index (κ1) is 14.5. The number of rotatable bonds is 2. The zero-order valence-electron chi connectivity index (χ0n) is 13.0. The molecule has 4 rings (SSSR count). The summed E-state index contributed by atoms with van der Waals surface area (Å²) < 4.78 is 1.86. The number of aryl methyl sites for hydroxylation is 1. The van der Waals surface area contributed by atoms with Crippen molar-refractivity contribution in [2.45, 2.75) is 26.4 Å². The Morgan fingerprint density at radius 1 is 1.30 bits per heavy atom. The standard InChI is InChI=1S/C17H18N4OS/c1-12-9-14-16(23-12)19-15-4-6-20(7-8-21(15)17(14)22)11-13-3-2-5-18-10-13/h2-3,5,9-10H,4,6-8,11H2,1H3. The second-order valence-electron chi connectivity index (χ2n) is 5.95. The zero-order chi connectivity index (χ0) is 15.8. The number of nitrogens with zero attached hydrogens (tertiary/aromatic N) is 4. The third-order valence-electron chi connectivity index (χ3n) is 4.27. The van der Waals surface area contributed by atoms with Crippen molar-refractivity contribution in [3.63, 3.8) is 0 Å². The molecule has 0 amide bonds. The average Bonchev–Trinajstić information content (AvgIpc) is 2.81. The van der Waals surface area contributed by atoms with E-state index in [0.717, 1.165) is 47.0 Å². The summed E-state index contributed by atoms with van der Waals surface area (Å²) >= 11 is 1.60. The highest BCUT2D eigenvalue weighted by Gasteiger charge is 2.18. The molecule has 0 fully saturated rings. The van der Waals surface area contributed by atoms with Crippen LogP contribution in [0.3, 0.4) is 0 Å². The molecule has 118 valence electrons. The van der Waals surface area contributed by atoms with Crippen molar-refractivity contribution < 1.29 is 0 Å². The SMILES string of the molecule is Cc1cc2c(=O)n3c(nc2s1)CCN(Cc1cccnc1)CC3. The molecule has 0 saturated heterocycles. The Kier molecular flexibility index (Phi) is 3.71. The molecular formula is C17H18N4OS. The molecule has 0 bridgehead atoms. The fourth-order valence-corrected chi connectivity index (χ4v) is 4.01. The minimum atomic E-state index is 0.109. The lowest BCUT2D eigenvalue weighted by Gasteiger charge is -2.18. The summed E-state index contributed by atoms with van der Waals surface area (Å²) in [7, 11) is 0. The minimum absolute atomic E-state index is 0.109. The van der Waals surface area contributed by atoms with Gasteiger partial charge in [-0.15, -0.1) is 11.3 Å². The Labute approximate surface area is 138 Å². The van der Waals surface area contributed by atoms with E-state index in [1.807, 2.05) is 29.8 Å². The quantitative estimate of drug-likeness (QED) is 0.724. The van der Waals surface area contributed by atoms with E-state index in [2.05, 4.69) is 16.0 Å². The van der Waals surface area contributed by atoms with Gasteiger partial charge in [-0.1, -0.05) is 6.07 Å². The van der Waals surface area contributed by atoms with Crippen LogP contribution in [-0.2, 0) is 19.5 Å². The summed E-state index contributed by atoms with van der Waals surface area (Å²) in [6, 6.07) is 6.01. The second-order valence-corrected chi connectivity index (χ2v) is 7.18. The first-order valence-corrected chi connectivity index (χ1v) is 8.63. The molecule has 0 N–H and O–H groups in total. The molecule has 6 heteroatoms. The summed E-state index contributed by atoms with van der Waals surface area (Å²) in [5.74, 6) is 0.915. The fraction of sp³-hybridized carbons (Fsp3) is 0.353. The maximum Gasteiger partial charge on any atom is 0.262 e. The van der Waals surface area contributed by atoms with Crippen molar-refractivity contribution in [2.75, 3.05) is 13.1 Å². The van der Waals surface area contributed by atoms with Crippen molar-refractivity contribution in [2.24, 2.45) is 0 Å². The number of fused-ring (bicyclic) bond motifs is 2. The molecule has 0 spiro atoms. The van der Waals surface area contributed by atoms with Gasteiger partial charge in [0.05, 0.1) is 5.39 Å². The van der Waals surface area contributed by atoms with Crippen molar-refractivity contribution in [1.29, 1.82) is 0 Å². The van der Waals surface area contributed by atoms with Gasteiger partial charge in [-0.05, 0) is 24.6 Å². The van der Waals surface area contributed by atoms with Crippen LogP contribution in [0.1, 0.15) is 16.3 Å². The van der Waals surface area contributed by atoms with Crippen LogP contribution in [0.25, 0.3) is 10.2 Å². The largest absolute Gasteiger partial charge is 0.297 e. The van der Waals surface area contributed by atoms with Gasteiger partial charge < -0.3 is 0 Å². The molecule has 0 unspecified atom stereocenters. The molecule has 23 heavy (non-hydrogen) atoms. The van der Waals surface area contributed by atoms with E-state index in [1.54, 1.807) is 17.5 Å². The van der Waals surface area contributed by atoms with E-state index in [0.29, 0.717) is 6.54 Å². The van der Waals surface area contributed by atoms with Gasteiger partial charge in [0.1, 0.15) is 10.7 Å². The topological polar surface area (TPSA) is 51.0 Å². The number of hydrogen-bond donors (Lipinski definition) is 0. The van der Waals surface area contributed by atoms with E-state index in [9.17, 15) is 4.79 Å². The molecule has 3 aromatic heterocycles. The van der Waals surface area contributed by atoms with E-state index in [-0.39, 0.29) is 5.56 Å². The minimum Gasteiger partial charge on any atom is -0.297 e. The predicted octanol–water partition coefficient (Wildman–Crippen LogP) is 2.22. The van der Waals surface area contributed by atoms with Gasteiger partial charge in [0.2, 0.25) is 0 Å². The molecule has 0 atom stereocenters. The zero-order valence-corrected chi connectivity index (χ0v) is 13.8. The van der Waals surface area contributed by atoms with Crippen LogP contribution in [0.2, 0.25) is 0 Å². The lowest BCUT2D eigenvalue weighted by atomic mass is 10.2. The van der Waals surface area contributed by atoms with Crippen LogP contribution >= 0.6 is 11.3 Å². The summed E-state index contributed by atoms with van der Waals surface area (Å²) in [6.07, 6.45) is 4.50. The molecule has 0 saturated carbocycles. The highest BCUT2D eigenvalue weighted by molar-refractivity contribution is 7.18. The lowest BCUT2D eigenvalue weighted by Crippen LogP contribution is -2.28. The van der Waals surface area contributed by atoms with Crippen molar-refractivity contribution in [3.05, 3.63) is 57.2 Å².